The third kappa shape index (κ3) is 12.1. The Kier molecular flexibility index (Phi) is 17.5. The molecule has 2 aromatic rings. The third-order valence-electron chi connectivity index (χ3n) is 7.04. The molecule has 0 bridgehead atoms. The van der Waals surface area contributed by atoms with Gasteiger partial charge in [-0.25, -0.2) is 8.42 Å². The van der Waals surface area contributed by atoms with Gasteiger partial charge in [-0.2, -0.15) is 0 Å². The van der Waals surface area contributed by atoms with Crippen LogP contribution in [0.25, 0.3) is 10.8 Å². The van der Waals surface area contributed by atoms with Crippen LogP contribution in [-0.4, -0.2) is 13.0 Å². The van der Waals surface area contributed by atoms with Crippen LogP contribution in [0.4, 0.5) is 0 Å². The van der Waals surface area contributed by atoms with Crippen molar-refractivity contribution in [1.29, 1.82) is 0 Å². The molecule has 192 valence electrons. The molecule has 0 atom stereocenters. The van der Waals surface area contributed by atoms with E-state index in [0.717, 1.165) is 31.1 Å². The van der Waals surface area contributed by atoms with Crippen molar-refractivity contribution in [3.05, 3.63) is 41.5 Å². The van der Waals surface area contributed by atoms with Gasteiger partial charge in [0, 0.05) is 0 Å². The van der Waals surface area contributed by atoms with E-state index in [1.165, 1.54) is 107 Å². The number of rotatable bonds is 19. The summed E-state index contributed by atoms with van der Waals surface area (Å²) in [7, 11) is -4.49. The average molecular weight is 511 g/mol. The first-order valence-corrected chi connectivity index (χ1v) is 15.4. The van der Waals surface area contributed by atoms with Gasteiger partial charge in [-0.1, -0.05) is 128 Å². The quantitative estimate of drug-likeness (QED) is 0.130. The monoisotopic (exact) mass is 510 g/mol. The maximum atomic E-state index is 11.9. The molecule has 0 aromatic heterocycles. The van der Waals surface area contributed by atoms with Crippen LogP contribution in [-0.2, 0) is 23.0 Å². The Labute approximate surface area is 237 Å². The summed E-state index contributed by atoms with van der Waals surface area (Å²) in [4.78, 5) is -0.0695. The van der Waals surface area contributed by atoms with Crippen LogP contribution in [0.15, 0.2) is 35.2 Å². The maximum absolute atomic E-state index is 11.9. The molecule has 5 heteroatoms. The molecule has 2 rings (SSSR count). The average Bonchev–Trinajstić information content (AvgIpc) is 2.81. The van der Waals surface area contributed by atoms with Crippen molar-refractivity contribution in [3.63, 3.8) is 0 Å². The molecule has 0 aliphatic heterocycles. The molecule has 0 spiro atoms. The Morgan fingerprint density at radius 3 is 1.49 bits per heavy atom. The van der Waals surface area contributed by atoms with Crippen molar-refractivity contribution >= 4 is 20.9 Å². The third-order valence-corrected chi connectivity index (χ3v) is 7.94. The molecule has 0 saturated heterocycles. The minimum atomic E-state index is -4.49. The van der Waals surface area contributed by atoms with Crippen molar-refractivity contribution < 1.29 is 42.5 Å². The molecular formula is C30H47NaO3S. The fraction of sp³-hybridized carbons (Fsp3) is 0.667. The van der Waals surface area contributed by atoms with E-state index in [9.17, 15) is 13.0 Å². The van der Waals surface area contributed by atoms with Crippen LogP contribution in [0.2, 0.25) is 0 Å². The van der Waals surface area contributed by atoms with E-state index in [4.69, 9.17) is 0 Å². The standard InChI is InChI=1S/C30H48O3S.Na/c1-3-5-7-9-11-13-15-17-20-26-22-19-23-28-29(34(31,32)33)25-24-27(30(26)28)21-18-16-14-12-10-8-6-4-2;/h19,22-25H,3-18,20-21H2,1-2H3,(H,31,32,33);/q;+1/p-1. The van der Waals surface area contributed by atoms with E-state index in [0.29, 0.717) is 5.39 Å². The summed E-state index contributed by atoms with van der Waals surface area (Å²) in [6.45, 7) is 4.49. The van der Waals surface area contributed by atoms with Crippen LogP contribution in [0, 0.1) is 0 Å². The zero-order chi connectivity index (χ0) is 24.7. The Balaban J connectivity index is 0.00000612. The summed E-state index contributed by atoms with van der Waals surface area (Å²) in [5.74, 6) is 0. The second-order valence-corrected chi connectivity index (χ2v) is 11.3. The van der Waals surface area contributed by atoms with Gasteiger partial charge in [0.2, 0.25) is 0 Å². The Morgan fingerprint density at radius 2 is 1.03 bits per heavy atom. The van der Waals surface area contributed by atoms with Gasteiger partial charge in [0.1, 0.15) is 10.1 Å². The Bertz CT molecular complexity index is 914. The smallest absolute Gasteiger partial charge is 0.744 e. The Hall–Kier alpha value is -0.390. The van der Waals surface area contributed by atoms with Gasteiger partial charge in [-0.05, 0) is 53.6 Å². The summed E-state index contributed by atoms with van der Waals surface area (Å²) in [5.41, 5.74) is 2.40. The molecular weight excluding hydrogens is 463 g/mol. The zero-order valence-electron chi connectivity index (χ0n) is 22.7. The molecule has 0 aliphatic rings. The molecule has 0 heterocycles. The maximum Gasteiger partial charge on any atom is 1.00 e. The number of benzene rings is 2. The van der Waals surface area contributed by atoms with Crippen molar-refractivity contribution in [2.75, 3.05) is 0 Å². The first-order chi connectivity index (χ1) is 16.5. The van der Waals surface area contributed by atoms with Crippen LogP contribution in [0.5, 0.6) is 0 Å². The van der Waals surface area contributed by atoms with E-state index in [1.54, 1.807) is 0 Å². The second kappa shape index (κ2) is 18.8. The fourth-order valence-corrected chi connectivity index (χ4v) is 5.74. The number of hydrogen-bond acceptors (Lipinski definition) is 3. The predicted octanol–water partition coefficient (Wildman–Crippen LogP) is 6.11. The second-order valence-electron chi connectivity index (χ2n) is 9.97. The summed E-state index contributed by atoms with van der Waals surface area (Å²) < 4.78 is 35.8. The molecule has 0 unspecified atom stereocenters. The molecule has 0 radical (unpaired) electrons. The molecule has 35 heavy (non-hydrogen) atoms. The van der Waals surface area contributed by atoms with Crippen LogP contribution in [0.1, 0.15) is 128 Å². The fourth-order valence-electron chi connectivity index (χ4n) is 5.07. The van der Waals surface area contributed by atoms with Gasteiger partial charge < -0.3 is 4.55 Å². The summed E-state index contributed by atoms with van der Waals surface area (Å²) in [6.07, 6.45) is 22.2. The van der Waals surface area contributed by atoms with Gasteiger partial charge in [-0.15, -0.1) is 0 Å². The topological polar surface area (TPSA) is 57.2 Å². The molecule has 0 amide bonds. The normalized spacial score (nSPS) is 11.6. The largest absolute Gasteiger partial charge is 1.00 e. The minimum Gasteiger partial charge on any atom is -0.744 e. The van der Waals surface area contributed by atoms with Gasteiger partial charge in [0.15, 0.2) is 0 Å². The predicted molar refractivity (Wildman–Crippen MR) is 145 cm³/mol. The van der Waals surface area contributed by atoms with Crippen molar-refractivity contribution in [3.8, 4) is 0 Å². The van der Waals surface area contributed by atoms with Crippen LogP contribution in [0.3, 0.4) is 0 Å². The van der Waals surface area contributed by atoms with E-state index in [-0.39, 0.29) is 34.5 Å². The number of fused-ring (bicyclic) bond motifs is 1. The van der Waals surface area contributed by atoms with Crippen molar-refractivity contribution in [1.82, 2.24) is 0 Å². The van der Waals surface area contributed by atoms with Crippen molar-refractivity contribution in [2.45, 2.75) is 134 Å². The SMILES string of the molecule is CCCCCCCCCCc1cccc2c(S(=O)(=O)[O-])ccc(CCCCCCCCCC)c12.[Na+]. The van der Waals surface area contributed by atoms with E-state index in [1.807, 2.05) is 18.2 Å². The van der Waals surface area contributed by atoms with Crippen molar-refractivity contribution in [2.24, 2.45) is 0 Å². The number of unbranched alkanes of at least 4 members (excludes halogenated alkanes) is 14. The van der Waals surface area contributed by atoms with E-state index in [2.05, 4.69) is 19.9 Å². The summed E-state index contributed by atoms with van der Waals surface area (Å²) >= 11 is 0. The number of aryl methyl sites for hydroxylation is 2. The molecule has 0 aliphatic carbocycles. The first kappa shape index (κ1) is 32.6. The minimum absolute atomic E-state index is 0. The molecule has 0 fully saturated rings. The molecule has 0 saturated carbocycles. The van der Waals surface area contributed by atoms with E-state index >= 15 is 0 Å². The molecule has 0 N–H and O–H groups in total. The zero-order valence-corrected chi connectivity index (χ0v) is 25.6. The number of hydrogen-bond donors (Lipinski definition) is 0. The van der Waals surface area contributed by atoms with Gasteiger partial charge in [0.25, 0.3) is 0 Å². The Morgan fingerprint density at radius 1 is 0.600 bits per heavy atom. The van der Waals surface area contributed by atoms with Gasteiger partial charge >= 0.3 is 29.6 Å². The van der Waals surface area contributed by atoms with E-state index < -0.39 is 10.1 Å². The van der Waals surface area contributed by atoms with Gasteiger partial charge in [-0.3, -0.25) is 0 Å². The van der Waals surface area contributed by atoms with Crippen LogP contribution >= 0.6 is 0 Å². The molecule has 2 aromatic carbocycles. The molecule has 3 nitrogen and oxygen atoms in total. The van der Waals surface area contributed by atoms with Gasteiger partial charge in [0.05, 0.1) is 4.90 Å². The van der Waals surface area contributed by atoms with Crippen LogP contribution < -0.4 is 29.6 Å². The first-order valence-electron chi connectivity index (χ1n) is 14.0. The summed E-state index contributed by atoms with van der Waals surface area (Å²) in [6, 6.07) is 9.28. The summed E-state index contributed by atoms with van der Waals surface area (Å²) in [5, 5.41) is 1.63.